The van der Waals surface area contributed by atoms with E-state index in [0.717, 1.165) is 16.7 Å². The van der Waals surface area contributed by atoms with E-state index >= 15 is 0 Å². The van der Waals surface area contributed by atoms with Crippen molar-refractivity contribution in [2.24, 2.45) is 5.10 Å². The van der Waals surface area contributed by atoms with Gasteiger partial charge in [-0.25, -0.2) is 5.43 Å². The van der Waals surface area contributed by atoms with E-state index in [1.807, 2.05) is 32.0 Å². The molecule has 22 heavy (non-hydrogen) atoms. The maximum absolute atomic E-state index is 11.9. The third-order valence-electron chi connectivity index (χ3n) is 3.11. The molecule has 0 bridgehead atoms. The summed E-state index contributed by atoms with van der Waals surface area (Å²) >= 11 is 0. The highest BCUT2D eigenvalue weighted by Gasteiger charge is 2.10. The first-order valence-corrected chi connectivity index (χ1v) is 6.62. The van der Waals surface area contributed by atoms with Crippen LogP contribution >= 0.6 is 0 Å². The van der Waals surface area contributed by atoms with E-state index in [-0.39, 0.29) is 11.3 Å². The van der Waals surface area contributed by atoms with E-state index in [1.165, 1.54) is 24.3 Å². The number of nitro benzene ring substituents is 1. The van der Waals surface area contributed by atoms with Gasteiger partial charge in [-0.3, -0.25) is 14.9 Å². The average molecular weight is 297 g/mol. The molecular weight excluding hydrogens is 282 g/mol. The van der Waals surface area contributed by atoms with Gasteiger partial charge in [0.25, 0.3) is 11.6 Å². The maximum Gasteiger partial charge on any atom is 0.271 e. The molecule has 1 amide bonds. The number of carbonyl (C=O) groups excluding carboxylic acids is 1. The second-order valence-corrected chi connectivity index (χ2v) is 4.87. The molecule has 2 aromatic carbocycles. The lowest BCUT2D eigenvalue weighted by molar-refractivity contribution is -0.384. The molecule has 0 saturated carbocycles. The Morgan fingerprint density at radius 1 is 1.23 bits per heavy atom. The van der Waals surface area contributed by atoms with E-state index in [4.69, 9.17) is 0 Å². The number of non-ortho nitro benzene ring substituents is 1. The fraction of sp³-hybridized carbons (Fsp3) is 0.125. The van der Waals surface area contributed by atoms with Crippen molar-refractivity contribution in [3.63, 3.8) is 0 Å². The fourth-order valence-electron chi connectivity index (χ4n) is 1.96. The van der Waals surface area contributed by atoms with Crippen molar-refractivity contribution in [1.29, 1.82) is 0 Å². The van der Waals surface area contributed by atoms with Crippen molar-refractivity contribution in [2.75, 3.05) is 0 Å². The van der Waals surface area contributed by atoms with Gasteiger partial charge in [0.2, 0.25) is 0 Å². The Hall–Kier alpha value is -3.02. The predicted molar refractivity (Wildman–Crippen MR) is 84.1 cm³/mol. The molecule has 0 radical (unpaired) electrons. The molecule has 112 valence electrons. The second-order valence-electron chi connectivity index (χ2n) is 4.87. The normalized spacial score (nSPS) is 10.6. The number of carbonyl (C=O) groups is 1. The Morgan fingerprint density at radius 2 is 2.00 bits per heavy atom. The van der Waals surface area contributed by atoms with Gasteiger partial charge in [0.15, 0.2) is 0 Å². The van der Waals surface area contributed by atoms with Gasteiger partial charge in [0.1, 0.15) is 0 Å². The smallest absolute Gasteiger partial charge is 0.267 e. The zero-order chi connectivity index (χ0) is 16.1. The highest BCUT2D eigenvalue weighted by molar-refractivity contribution is 5.95. The van der Waals surface area contributed by atoms with Crippen LogP contribution in [0.1, 0.15) is 27.0 Å². The highest BCUT2D eigenvalue weighted by atomic mass is 16.6. The van der Waals surface area contributed by atoms with E-state index in [9.17, 15) is 14.9 Å². The number of benzene rings is 2. The first-order valence-electron chi connectivity index (χ1n) is 6.62. The van der Waals surface area contributed by atoms with Crippen molar-refractivity contribution in [3.05, 3.63) is 74.8 Å². The summed E-state index contributed by atoms with van der Waals surface area (Å²) in [7, 11) is 0. The predicted octanol–water partition coefficient (Wildman–Crippen LogP) is 2.98. The lowest BCUT2D eigenvalue weighted by Crippen LogP contribution is -2.17. The third-order valence-corrected chi connectivity index (χ3v) is 3.11. The van der Waals surface area contributed by atoms with Crippen LogP contribution in [-0.4, -0.2) is 17.0 Å². The quantitative estimate of drug-likeness (QED) is 0.535. The molecule has 0 saturated heterocycles. The van der Waals surface area contributed by atoms with Crippen LogP contribution in [0.4, 0.5) is 5.69 Å². The van der Waals surface area contributed by atoms with Crippen LogP contribution in [0, 0.1) is 24.0 Å². The zero-order valence-corrected chi connectivity index (χ0v) is 12.2. The largest absolute Gasteiger partial charge is 0.271 e. The molecule has 0 spiro atoms. The van der Waals surface area contributed by atoms with Gasteiger partial charge in [-0.1, -0.05) is 29.8 Å². The SMILES string of the molecule is Cc1ccc(/C=N/NC(=O)c2cccc([N+](=O)[O-])c2)c(C)c1. The van der Waals surface area contributed by atoms with E-state index < -0.39 is 10.8 Å². The molecule has 0 heterocycles. The molecule has 2 aromatic rings. The summed E-state index contributed by atoms with van der Waals surface area (Å²) in [6.45, 7) is 3.95. The summed E-state index contributed by atoms with van der Waals surface area (Å²) in [5.41, 5.74) is 5.51. The van der Waals surface area contributed by atoms with Crippen LogP contribution in [0.15, 0.2) is 47.6 Å². The third kappa shape index (κ3) is 3.76. The van der Waals surface area contributed by atoms with Gasteiger partial charge in [-0.15, -0.1) is 0 Å². The molecule has 0 unspecified atom stereocenters. The minimum atomic E-state index is -0.546. The van der Waals surface area contributed by atoms with Crippen LogP contribution in [0.25, 0.3) is 0 Å². The zero-order valence-electron chi connectivity index (χ0n) is 12.2. The number of aryl methyl sites for hydroxylation is 2. The number of nitrogens with zero attached hydrogens (tertiary/aromatic N) is 2. The second kappa shape index (κ2) is 6.62. The van der Waals surface area contributed by atoms with Gasteiger partial charge >= 0.3 is 0 Å². The Balaban J connectivity index is 2.08. The van der Waals surface area contributed by atoms with Crippen LogP contribution in [0.5, 0.6) is 0 Å². The first-order chi connectivity index (χ1) is 10.5. The van der Waals surface area contributed by atoms with Crippen molar-refractivity contribution in [3.8, 4) is 0 Å². The number of rotatable bonds is 4. The Labute approximate surface area is 127 Å². The van der Waals surface area contributed by atoms with Gasteiger partial charge in [0.05, 0.1) is 11.1 Å². The molecule has 0 aliphatic heterocycles. The van der Waals surface area contributed by atoms with Crippen molar-refractivity contribution in [2.45, 2.75) is 13.8 Å². The Kier molecular flexibility index (Phi) is 4.63. The molecule has 1 N–H and O–H groups in total. The van der Waals surface area contributed by atoms with E-state index in [2.05, 4.69) is 10.5 Å². The van der Waals surface area contributed by atoms with Gasteiger partial charge in [0, 0.05) is 17.7 Å². The average Bonchev–Trinajstić information content (AvgIpc) is 2.49. The lowest BCUT2D eigenvalue weighted by atomic mass is 10.1. The molecule has 0 aliphatic rings. The molecule has 2 rings (SSSR count). The fourth-order valence-corrected chi connectivity index (χ4v) is 1.96. The van der Waals surface area contributed by atoms with Gasteiger partial charge in [-0.2, -0.15) is 5.10 Å². The molecule has 0 fully saturated rings. The minimum Gasteiger partial charge on any atom is -0.267 e. The summed E-state index contributed by atoms with van der Waals surface area (Å²) < 4.78 is 0. The van der Waals surface area contributed by atoms with Crippen LogP contribution in [0.2, 0.25) is 0 Å². The molecule has 0 atom stereocenters. The molecule has 6 nitrogen and oxygen atoms in total. The standard InChI is InChI=1S/C16H15N3O3/c1-11-6-7-14(12(2)8-11)10-17-18-16(20)13-4-3-5-15(9-13)19(21)22/h3-10H,1-2H3,(H,18,20)/b17-10+. The topological polar surface area (TPSA) is 84.6 Å². The highest BCUT2D eigenvalue weighted by Crippen LogP contribution is 2.13. The Morgan fingerprint density at radius 3 is 2.68 bits per heavy atom. The van der Waals surface area contributed by atoms with Gasteiger partial charge in [-0.05, 0) is 31.0 Å². The van der Waals surface area contributed by atoms with E-state index in [0.29, 0.717) is 0 Å². The number of hydrogen-bond donors (Lipinski definition) is 1. The minimum absolute atomic E-state index is 0.133. The molecular formula is C16H15N3O3. The number of nitro groups is 1. The van der Waals surface area contributed by atoms with Crippen molar-refractivity contribution >= 4 is 17.8 Å². The monoisotopic (exact) mass is 297 g/mol. The molecule has 0 aliphatic carbocycles. The summed E-state index contributed by atoms with van der Waals surface area (Å²) in [6.07, 6.45) is 1.55. The number of amides is 1. The Bertz CT molecular complexity index is 754. The van der Waals surface area contributed by atoms with Crippen molar-refractivity contribution < 1.29 is 9.72 Å². The van der Waals surface area contributed by atoms with Gasteiger partial charge < -0.3 is 0 Å². The first kappa shape index (κ1) is 15.4. The van der Waals surface area contributed by atoms with Crippen LogP contribution < -0.4 is 5.43 Å². The summed E-state index contributed by atoms with van der Waals surface area (Å²) in [6, 6.07) is 11.4. The van der Waals surface area contributed by atoms with E-state index in [1.54, 1.807) is 6.21 Å². The summed E-state index contributed by atoms with van der Waals surface area (Å²) in [5.74, 6) is -0.496. The van der Waals surface area contributed by atoms with Crippen molar-refractivity contribution in [1.82, 2.24) is 5.43 Å². The van der Waals surface area contributed by atoms with Crippen LogP contribution in [-0.2, 0) is 0 Å². The lowest BCUT2D eigenvalue weighted by Gasteiger charge is -2.02. The number of hydrogen-bond acceptors (Lipinski definition) is 4. The molecule has 6 heteroatoms. The summed E-state index contributed by atoms with van der Waals surface area (Å²) in [5, 5.41) is 14.6. The summed E-state index contributed by atoms with van der Waals surface area (Å²) in [4.78, 5) is 22.0. The molecule has 0 aromatic heterocycles. The van der Waals surface area contributed by atoms with Crippen LogP contribution in [0.3, 0.4) is 0 Å². The maximum atomic E-state index is 11.9. The number of hydrazone groups is 1. The number of nitrogens with one attached hydrogen (secondary N) is 1.